The highest BCUT2D eigenvalue weighted by atomic mass is 16.5. The van der Waals surface area contributed by atoms with E-state index in [0.29, 0.717) is 5.41 Å². The van der Waals surface area contributed by atoms with Crippen LogP contribution >= 0.6 is 0 Å². The lowest BCUT2D eigenvalue weighted by molar-refractivity contribution is 0.119. The summed E-state index contributed by atoms with van der Waals surface area (Å²) in [5.41, 5.74) is 7.00. The Kier molecular flexibility index (Phi) is 4.81. The first kappa shape index (κ1) is 14.0. The van der Waals surface area contributed by atoms with Gasteiger partial charge in [-0.25, -0.2) is 0 Å². The summed E-state index contributed by atoms with van der Waals surface area (Å²) >= 11 is 0. The Morgan fingerprint density at radius 1 is 1.25 bits per heavy atom. The third-order valence-corrected chi connectivity index (χ3v) is 4.23. The summed E-state index contributed by atoms with van der Waals surface area (Å²) in [6.45, 7) is 7.91. The molecule has 0 spiro atoms. The van der Waals surface area contributed by atoms with E-state index in [9.17, 15) is 0 Å². The van der Waals surface area contributed by atoms with Crippen molar-refractivity contribution in [2.75, 3.05) is 13.7 Å². The number of nitrogens with two attached hydrogens (primary N) is 1. The van der Waals surface area contributed by atoms with E-state index < -0.39 is 0 Å². The Balaban J connectivity index is 2.35. The van der Waals surface area contributed by atoms with Gasteiger partial charge in [-0.2, -0.15) is 0 Å². The molecule has 1 fully saturated rings. The van der Waals surface area contributed by atoms with E-state index in [4.69, 9.17) is 10.5 Å². The molecule has 0 radical (unpaired) electrons. The van der Waals surface area contributed by atoms with E-state index in [0.717, 1.165) is 25.4 Å². The standard InChI is InChI=1S/C14H29NO/c1-13(2,3)12-6-9-14(15,10-7-12)8-5-11-16-4/h12H,5-11,15H2,1-4H3. The van der Waals surface area contributed by atoms with Gasteiger partial charge in [-0.05, 0) is 49.9 Å². The third kappa shape index (κ3) is 4.06. The first-order chi connectivity index (χ1) is 7.37. The molecule has 1 saturated carbocycles. The van der Waals surface area contributed by atoms with Gasteiger partial charge in [-0.1, -0.05) is 20.8 Å². The van der Waals surface area contributed by atoms with E-state index in [1.807, 2.05) is 0 Å². The van der Waals surface area contributed by atoms with Gasteiger partial charge in [0, 0.05) is 19.3 Å². The van der Waals surface area contributed by atoms with Crippen molar-refractivity contribution in [3.8, 4) is 0 Å². The van der Waals surface area contributed by atoms with Gasteiger partial charge in [-0.15, -0.1) is 0 Å². The van der Waals surface area contributed by atoms with E-state index in [2.05, 4.69) is 20.8 Å². The Labute approximate surface area is 101 Å². The normalized spacial score (nSPS) is 31.7. The van der Waals surface area contributed by atoms with Crippen molar-refractivity contribution < 1.29 is 4.74 Å². The Hall–Kier alpha value is -0.0800. The van der Waals surface area contributed by atoms with E-state index in [1.165, 1.54) is 25.7 Å². The second-order valence-electron chi connectivity index (χ2n) is 6.60. The molecule has 0 bridgehead atoms. The second kappa shape index (κ2) is 5.50. The van der Waals surface area contributed by atoms with Crippen molar-refractivity contribution in [3.63, 3.8) is 0 Å². The predicted octanol–water partition coefficient (Wildman–Crippen LogP) is 3.35. The van der Waals surface area contributed by atoms with Crippen molar-refractivity contribution in [1.82, 2.24) is 0 Å². The van der Waals surface area contributed by atoms with Crippen LogP contribution in [0.4, 0.5) is 0 Å². The highest BCUT2D eigenvalue weighted by Crippen LogP contribution is 2.41. The Bertz CT molecular complexity index is 199. The van der Waals surface area contributed by atoms with Gasteiger partial charge in [-0.3, -0.25) is 0 Å². The van der Waals surface area contributed by atoms with Crippen LogP contribution in [0.1, 0.15) is 59.3 Å². The molecule has 16 heavy (non-hydrogen) atoms. The molecule has 0 atom stereocenters. The predicted molar refractivity (Wildman–Crippen MR) is 69.4 cm³/mol. The SMILES string of the molecule is COCCCC1(N)CCC(C(C)(C)C)CC1. The average molecular weight is 227 g/mol. The van der Waals surface area contributed by atoms with Crippen LogP contribution in [0.2, 0.25) is 0 Å². The summed E-state index contributed by atoms with van der Waals surface area (Å²) in [7, 11) is 1.76. The summed E-state index contributed by atoms with van der Waals surface area (Å²) in [5, 5.41) is 0. The number of hydrogen-bond acceptors (Lipinski definition) is 2. The molecule has 1 rings (SSSR count). The summed E-state index contributed by atoms with van der Waals surface area (Å²) < 4.78 is 5.10. The van der Waals surface area contributed by atoms with E-state index in [1.54, 1.807) is 7.11 Å². The maximum atomic E-state index is 6.45. The fraction of sp³-hybridized carbons (Fsp3) is 1.00. The molecule has 2 nitrogen and oxygen atoms in total. The zero-order valence-electron chi connectivity index (χ0n) is 11.5. The first-order valence-electron chi connectivity index (χ1n) is 6.65. The molecule has 1 aliphatic carbocycles. The fourth-order valence-corrected chi connectivity index (χ4v) is 2.88. The van der Waals surface area contributed by atoms with Crippen LogP contribution in [-0.2, 0) is 4.74 Å². The monoisotopic (exact) mass is 227 g/mol. The van der Waals surface area contributed by atoms with Crippen LogP contribution in [0.3, 0.4) is 0 Å². The molecular weight excluding hydrogens is 198 g/mol. The zero-order chi connectivity index (χ0) is 12.2. The van der Waals surface area contributed by atoms with Crippen LogP contribution in [0.25, 0.3) is 0 Å². The molecule has 0 aromatic rings. The van der Waals surface area contributed by atoms with Crippen molar-refractivity contribution in [3.05, 3.63) is 0 Å². The minimum absolute atomic E-state index is 0.0975. The third-order valence-electron chi connectivity index (χ3n) is 4.23. The van der Waals surface area contributed by atoms with Gasteiger partial charge in [0.05, 0.1) is 0 Å². The summed E-state index contributed by atoms with van der Waals surface area (Å²) in [6.07, 6.45) is 7.21. The van der Waals surface area contributed by atoms with Crippen LogP contribution in [0.15, 0.2) is 0 Å². The van der Waals surface area contributed by atoms with Crippen LogP contribution < -0.4 is 5.73 Å². The maximum absolute atomic E-state index is 6.45. The summed E-state index contributed by atoms with van der Waals surface area (Å²) in [4.78, 5) is 0. The molecule has 0 heterocycles. The molecule has 2 heteroatoms. The maximum Gasteiger partial charge on any atom is 0.0462 e. The molecule has 2 N–H and O–H groups in total. The zero-order valence-corrected chi connectivity index (χ0v) is 11.5. The molecule has 0 aromatic carbocycles. The topological polar surface area (TPSA) is 35.2 Å². The molecule has 0 unspecified atom stereocenters. The van der Waals surface area contributed by atoms with Gasteiger partial charge < -0.3 is 10.5 Å². The van der Waals surface area contributed by atoms with Crippen LogP contribution in [0.5, 0.6) is 0 Å². The van der Waals surface area contributed by atoms with Gasteiger partial charge in [0.15, 0.2) is 0 Å². The van der Waals surface area contributed by atoms with Gasteiger partial charge >= 0.3 is 0 Å². The second-order valence-corrected chi connectivity index (χ2v) is 6.60. The lowest BCUT2D eigenvalue weighted by Crippen LogP contribution is -2.45. The molecule has 96 valence electrons. The van der Waals surface area contributed by atoms with Crippen LogP contribution in [0, 0.1) is 11.3 Å². The van der Waals surface area contributed by atoms with Crippen LogP contribution in [-0.4, -0.2) is 19.3 Å². The van der Waals surface area contributed by atoms with Crippen molar-refractivity contribution >= 4 is 0 Å². The first-order valence-corrected chi connectivity index (χ1v) is 6.65. The minimum atomic E-state index is 0.0975. The fourth-order valence-electron chi connectivity index (χ4n) is 2.88. The summed E-state index contributed by atoms with van der Waals surface area (Å²) in [5.74, 6) is 0.853. The highest BCUT2D eigenvalue weighted by Gasteiger charge is 2.35. The Morgan fingerprint density at radius 2 is 1.81 bits per heavy atom. The molecule has 0 amide bonds. The highest BCUT2D eigenvalue weighted by molar-refractivity contribution is 4.92. The number of hydrogen-bond donors (Lipinski definition) is 1. The smallest absolute Gasteiger partial charge is 0.0462 e. The lowest BCUT2D eigenvalue weighted by Gasteiger charge is -2.42. The average Bonchev–Trinajstić information content (AvgIpc) is 2.17. The van der Waals surface area contributed by atoms with E-state index >= 15 is 0 Å². The quantitative estimate of drug-likeness (QED) is 0.748. The number of ether oxygens (including phenoxy) is 1. The molecule has 0 aromatic heterocycles. The lowest BCUT2D eigenvalue weighted by atomic mass is 9.66. The molecule has 1 aliphatic rings. The van der Waals surface area contributed by atoms with E-state index in [-0.39, 0.29) is 5.54 Å². The van der Waals surface area contributed by atoms with Gasteiger partial charge in [0.2, 0.25) is 0 Å². The molecule has 0 aliphatic heterocycles. The molecular formula is C14H29NO. The minimum Gasteiger partial charge on any atom is -0.385 e. The summed E-state index contributed by atoms with van der Waals surface area (Å²) in [6, 6.07) is 0. The Morgan fingerprint density at radius 3 is 2.25 bits per heavy atom. The number of methoxy groups -OCH3 is 1. The molecule has 0 saturated heterocycles. The van der Waals surface area contributed by atoms with Crippen molar-refractivity contribution in [1.29, 1.82) is 0 Å². The van der Waals surface area contributed by atoms with Crippen molar-refractivity contribution in [2.45, 2.75) is 64.8 Å². The largest absolute Gasteiger partial charge is 0.385 e. The number of rotatable bonds is 4. The van der Waals surface area contributed by atoms with Gasteiger partial charge in [0.1, 0.15) is 0 Å². The van der Waals surface area contributed by atoms with Crippen molar-refractivity contribution in [2.24, 2.45) is 17.1 Å². The van der Waals surface area contributed by atoms with Gasteiger partial charge in [0.25, 0.3) is 0 Å².